The smallest absolute Gasteiger partial charge is 0.271 e. The highest BCUT2D eigenvalue weighted by Gasteiger charge is 2.05. The van der Waals surface area contributed by atoms with Gasteiger partial charge in [0.2, 0.25) is 0 Å². The van der Waals surface area contributed by atoms with Crippen LogP contribution in [-0.4, -0.2) is 23.2 Å². The Bertz CT molecular complexity index is 242. The molecule has 1 aromatic rings. The van der Waals surface area contributed by atoms with Crippen LogP contribution >= 0.6 is 0 Å². The Hall–Kier alpha value is -1.52. The minimum Gasteiger partial charge on any atom is -0.384 e. The molecule has 10 heavy (non-hydrogen) atoms. The predicted octanol–water partition coefficient (Wildman–Crippen LogP) is -0.649. The number of hydrogen-bond acceptors (Lipinski definition) is 3. The van der Waals surface area contributed by atoms with E-state index in [9.17, 15) is 4.79 Å². The van der Waals surface area contributed by atoms with Gasteiger partial charge in [0.15, 0.2) is 5.69 Å². The third-order valence-electron chi connectivity index (χ3n) is 1.06. The molecule has 1 aromatic heterocycles. The molecule has 5 nitrogen and oxygen atoms in total. The Morgan fingerprint density at radius 2 is 2.60 bits per heavy atom. The van der Waals surface area contributed by atoms with Crippen LogP contribution in [0.5, 0.6) is 0 Å². The van der Waals surface area contributed by atoms with E-state index in [4.69, 9.17) is 5.73 Å². The normalized spacial score (nSPS) is 9.30. The van der Waals surface area contributed by atoms with E-state index in [0.717, 1.165) is 0 Å². The summed E-state index contributed by atoms with van der Waals surface area (Å²) in [5, 5.41) is 8.49. The van der Waals surface area contributed by atoms with Crippen molar-refractivity contribution in [2.75, 3.05) is 12.8 Å². The van der Waals surface area contributed by atoms with Gasteiger partial charge in [0.25, 0.3) is 5.91 Å². The maximum Gasteiger partial charge on any atom is 0.271 e. The number of nitrogen functional groups attached to an aromatic ring is 1. The summed E-state index contributed by atoms with van der Waals surface area (Å²) in [5.74, 6) is 0.145. The molecule has 54 valence electrons. The molecule has 0 saturated carbocycles. The second-order valence-electron chi connectivity index (χ2n) is 1.79. The molecular formula is C5H8N4O. The largest absolute Gasteiger partial charge is 0.384 e. The lowest BCUT2D eigenvalue weighted by molar-refractivity contribution is 0.0958. The van der Waals surface area contributed by atoms with Gasteiger partial charge in [-0.25, -0.2) is 0 Å². The van der Waals surface area contributed by atoms with Crippen LogP contribution in [0.1, 0.15) is 10.5 Å². The standard InChI is InChI=1S/C5H8N4O/c1-7-5(10)3-2-4(6)9-8-3/h2H,1H3,(H,7,10)(H3,6,8,9). The Morgan fingerprint density at radius 3 is 3.00 bits per heavy atom. The zero-order chi connectivity index (χ0) is 7.56. The van der Waals surface area contributed by atoms with E-state index in [2.05, 4.69) is 15.5 Å². The molecule has 5 heteroatoms. The summed E-state index contributed by atoms with van der Waals surface area (Å²) in [6.07, 6.45) is 0. The van der Waals surface area contributed by atoms with Crippen molar-refractivity contribution in [3.05, 3.63) is 11.8 Å². The zero-order valence-electron chi connectivity index (χ0n) is 5.51. The summed E-state index contributed by atoms with van der Waals surface area (Å²) in [6, 6.07) is 1.47. The minimum absolute atomic E-state index is 0.243. The number of nitrogens with two attached hydrogens (primary N) is 1. The molecule has 1 heterocycles. The molecule has 0 spiro atoms. The fourth-order valence-corrected chi connectivity index (χ4v) is 0.581. The number of carbonyl (C=O) groups is 1. The topological polar surface area (TPSA) is 83.8 Å². The van der Waals surface area contributed by atoms with Crippen LogP contribution in [0, 0.1) is 0 Å². The molecule has 0 unspecified atom stereocenters. The molecule has 0 aromatic carbocycles. The average Bonchev–Trinajstić information content (AvgIpc) is 2.34. The SMILES string of the molecule is CNC(=O)c1cc(N)[nH]n1. The molecule has 0 aliphatic rings. The van der Waals surface area contributed by atoms with Gasteiger partial charge in [-0.3, -0.25) is 9.89 Å². The number of anilines is 1. The van der Waals surface area contributed by atoms with Crippen LogP contribution in [0.15, 0.2) is 6.07 Å². The number of aromatic nitrogens is 2. The molecule has 0 radical (unpaired) electrons. The molecule has 1 rings (SSSR count). The van der Waals surface area contributed by atoms with Gasteiger partial charge in [-0.1, -0.05) is 0 Å². The first kappa shape index (κ1) is 6.60. The van der Waals surface area contributed by atoms with E-state index < -0.39 is 0 Å². The fraction of sp³-hybridized carbons (Fsp3) is 0.200. The Kier molecular flexibility index (Phi) is 1.57. The lowest BCUT2D eigenvalue weighted by Gasteiger charge is -1.89. The highest BCUT2D eigenvalue weighted by Crippen LogP contribution is 1.98. The van der Waals surface area contributed by atoms with Gasteiger partial charge in [0, 0.05) is 13.1 Å². The number of nitrogens with one attached hydrogen (secondary N) is 2. The first-order chi connectivity index (χ1) is 4.74. The van der Waals surface area contributed by atoms with Crippen molar-refractivity contribution in [2.45, 2.75) is 0 Å². The second-order valence-corrected chi connectivity index (χ2v) is 1.79. The maximum absolute atomic E-state index is 10.8. The van der Waals surface area contributed by atoms with Crippen molar-refractivity contribution in [1.82, 2.24) is 15.5 Å². The Labute approximate surface area is 57.6 Å². The highest BCUT2D eigenvalue weighted by molar-refractivity contribution is 5.92. The van der Waals surface area contributed by atoms with E-state index in [0.29, 0.717) is 11.5 Å². The zero-order valence-corrected chi connectivity index (χ0v) is 5.51. The first-order valence-corrected chi connectivity index (χ1v) is 2.77. The lowest BCUT2D eigenvalue weighted by Crippen LogP contribution is -2.17. The van der Waals surface area contributed by atoms with Crippen LogP contribution in [0.3, 0.4) is 0 Å². The van der Waals surface area contributed by atoms with Crippen LogP contribution < -0.4 is 11.1 Å². The number of aromatic amines is 1. The summed E-state index contributed by atoms with van der Waals surface area (Å²) in [4.78, 5) is 10.8. The van der Waals surface area contributed by atoms with Crippen LogP contribution in [0.25, 0.3) is 0 Å². The van der Waals surface area contributed by atoms with Gasteiger partial charge >= 0.3 is 0 Å². The van der Waals surface area contributed by atoms with Crippen molar-refractivity contribution in [3.63, 3.8) is 0 Å². The average molecular weight is 140 g/mol. The molecule has 0 aliphatic heterocycles. The Balaban J connectivity index is 2.85. The number of rotatable bonds is 1. The van der Waals surface area contributed by atoms with Gasteiger partial charge in [0.1, 0.15) is 5.82 Å². The molecular weight excluding hydrogens is 132 g/mol. The highest BCUT2D eigenvalue weighted by atomic mass is 16.1. The van der Waals surface area contributed by atoms with Gasteiger partial charge in [0.05, 0.1) is 0 Å². The van der Waals surface area contributed by atoms with Crippen LogP contribution in [-0.2, 0) is 0 Å². The molecule has 0 aliphatic carbocycles. The van der Waals surface area contributed by atoms with E-state index in [-0.39, 0.29) is 5.91 Å². The third kappa shape index (κ3) is 1.07. The number of carbonyl (C=O) groups excluding carboxylic acids is 1. The molecule has 0 bridgehead atoms. The van der Waals surface area contributed by atoms with Crippen molar-refractivity contribution in [3.8, 4) is 0 Å². The maximum atomic E-state index is 10.8. The second kappa shape index (κ2) is 2.38. The quantitative estimate of drug-likeness (QED) is 0.484. The predicted molar refractivity (Wildman–Crippen MR) is 36.4 cm³/mol. The van der Waals surface area contributed by atoms with E-state index >= 15 is 0 Å². The van der Waals surface area contributed by atoms with Crippen molar-refractivity contribution in [2.24, 2.45) is 0 Å². The summed E-state index contributed by atoms with van der Waals surface area (Å²) in [6.45, 7) is 0. The van der Waals surface area contributed by atoms with E-state index in [1.165, 1.54) is 13.1 Å². The summed E-state index contributed by atoms with van der Waals surface area (Å²) in [5.41, 5.74) is 5.58. The van der Waals surface area contributed by atoms with Crippen LogP contribution in [0.2, 0.25) is 0 Å². The first-order valence-electron chi connectivity index (χ1n) is 2.77. The van der Waals surface area contributed by atoms with E-state index in [1.54, 1.807) is 0 Å². The van der Waals surface area contributed by atoms with Crippen LogP contribution in [0.4, 0.5) is 5.82 Å². The fourth-order valence-electron chi connectivity index (χ4n) is 0.581. The summed E-state index contributed by atoms with van der Waals surface area (Å²) < 4.78 is 0. The monoisotopic (exact) mass is 140 g/mol. The number of nitrogens with zero attached hydrogens (tertiary/aromatic N) is 1. The molecule has 4 N–H and O–H groups in total. The van der Waals surface area contributed by atoms with Gasteiger partial charge in [-0.15, -0.1) is 0 Å². The van der Waals surface area contributed by atoms with Crippen molar-refractivity contribution < 1.29 is 4.79 Å². The number of H-pyrrole nitrogens is 1. The third-order valence-corrected chi connectivity index (χ3v) is 1.06. The van der Waals surface area contributed by atoms with Gasteiger partial charge < -0.3 is 11.1 Å². The van der Waals surface area contributed by atoms with Crippen molar-refractivity contribution in [1.29, 1.82) is 0 Å². The summed E-state index contributed by atoms with van der Waals surface area (Å²) >= 11 is 0. The number of amides is 1. The molecule has 0 fully saturated rings. The van der Waals surface area contributed by atoms with E-state index in [1.807, 2.05) is 0 Å². The lowest BCUT2D eigenvalue weighted by atomic mass is 10.4. The number of hydrogen-bond donors (Lipinski definition) is 3. The van der Waals surface area contributed by atoms with Gasteiger partial charge in [-0.2, -0.15) is 5.10 Å². The molecule has 0 atom stereocenters. The Morgan fingerprint density at radius 1 is 1.90 bits per heavy atom. The molecule has 1 amide bonds. The van der Waals surface area contributed by atoms with Gasteiger partial charge in [-0.05, 0) is 0 Å². The minimum atomic E-state index is -0.243. The summed E-state index contributed by atoms with van der Waals surface area (Å²) in [7, 11) is 1.53. The molecule has 0 saturated heterocycles. The van der Waals surface area contributed by atoms with Crippen molar-refractivity contribution >= 4 is 11.7 Å².